The molecule has 2 rings (SSSR count). The van der Waals surface area contributed by atoms with E-state index in [2.05, 4.69) is 28.1 Å². The molecule has 0 amide bonds. The van der Waals surface area contributed by atoms with Gasteiger partial charge in [0.2, 0.25) is 0 Å². The van der Waals surface area contributed by atoms with Crippen molar-refractivity contribution in [2.45, 2.75) is 13.0 Å². The van der Waals surface area contributed by atoms with Crippen LogP contribution in [-0.4, -0.2) is 6.54 Å². The molecule has 20 heavy (non-hydrogen) atoms. The van der Waals surface area contributed by atoms with Gasteiger partial charge in [-0.1, -0.05) is 47.5 Å². The molecule has 0 bridgehead atoms. The molecule has 0 heterocycles. The van der Waals surface area contributed by atoms with Gasteiger partial charge in [-0.25, -0.2) is 0 Å². The van der Waals surface area contributed by atoms with E-state index < -0.39 is 0 Å². The lowest BCUT2D eigenvalue weighted by atomic mass is 10.1. The molecule has 106 valence electrons. The van der Waals surface area contributed by atoms with Crippen molar-refractivity contribution < 1.29 is 4.74 Å². The summed E-state index contributed by atoms with van der Waals surface area (Å²) < 4.78 is 6.45. The number of hydrogen-bond acceptors (Lipinski definition) is 2. The molecule has 0 fully saturated rings. The van der Waals surface area contributed by atoms with E-state index in [1.54, 1.807) is 12.1 Å². The Labute approximate surface area is 137 Å². The number of nitrogens with two attached hydrogens (primary N) is 1. The summed E-state index contributed by atoms with van der Waals surface area (Å²) in [5, 5.41) is 1.10. The summed E-state index contributed by atoms with van der Waals surface area (Å²) in [6.45, 7) is 1.10. The average Bonchev–Trinajstić information content (AvgIpc) is 2.43. The van der Waals surface area contributed by atoms with Gasteiger partial charge in [-0.05, 0) is 46.1 Å². The first-order valence-electron chi connectivity index (χ1n) is 6.15. The van der Waals surface area contributed by atoms with E-state index in [4.69, 9.17) is 33.7 Å². The van der Waals surface area contributed by atoms with Crippen LogP contribution in [0, 0.1) is 0 Å². The van der Waals surface area contributed by atoms with E-state index in [1.807, 2.05) is 12.1 Å². The predicted molar refractivity (Wildman–Crippen MR) is 87.7 cm³/mol. The summed E-state index contributed by atoms with van der Waals surface area (Å²) >= 11 is 15.4. The first kappa shape index (κ1) is 15.6. The van der Waals surface area contributed by atoms with E-state index in [0.29, 0.717) is 28.9 Å². The van der Waals surface area contributed by atoms with Crippen LogP contribution < -0.4 is 10.5 Å². The molecule has 0 saturated carbocycles. The maximum Gasteiger partial charge on any atom is 0.139 e. The highest BCUT2D eigenvalue weighted by atomic mass is 79.9. The third-order valence-corrected chi connectivity index (χ3v) is 4.32. The van der Waals surface area contributed by atoms with Gasteiger partial charge in [0.25, 0.3) is 0 Å². The highest BCUT2D eigenvalue weighted by Crippen LogP contribution is 2.34. The minimum Gasteiger partial charge on any atom is -0.487 e. The Balaban J connectivity index is 2.03. The van der Waals surface area contributed by atoms with Gasteiger partial charge < -0.3 is 10.5 Å². The van der Waals surface area contributed by atoms with Gasteiger partial charge in [0.15, 0.2) is 0 Å². The second kappa shape index (κ2) is 7.32. The van der Waals surface area contributed by atoms with E-state index >= 15 is 0 Å². The maximum atomic E-state index is 6.11. The second-order valence-electron chi connectivity index (χ2n) is 4.34. The maximum absolute atomic E-state index is 6.11. The zero-order valence-corrected chi connectivity index (χ0v) is 13.8. The fourth-order valence-corrected chi connectivity index (χ4v) is 2.59. The molecule has 0 atom stereocenters. The number of hydrogen-bond donors (Lipinski definition) is 1. The zero-order chi connectivity index (χ0) is 14.5. The first-order valence-corrected chi connectivity index (χ1v) is 7.70. The van der Waals surface area contributed by atoms with Crippen LogP contribution in [0.5, 0.6) is 5.75 Å². The van der Waals surface area contributed by atoms with Crippen LogP contribution >= 0.6 is 39.1 Å². The number of halogens is 3. The van der Waals surface area contributed by atoms with Crippen molar-refractivity contribution in [2.24, 2.45) is 5.73 Å². The number of ether oxygens (including phenoxy) is 1. The van der Waals surface area contributed by atoms with Crippen molar-refractivity contribution >= 4 is 39.1 Å². The molecule has 0 aliphatic heterocycles. The monoisotopic (exact) mass is 373 g/mol. The zero-order valence-electron chi connectivity index (χ0n) is 10.7. The summed E-state index contributed by atoms with van der Waals surface area (Å²) in [5.74, 6) is 0.575. The molecule has 0 aliphatic rings. The highest BCUT2D eigenvalue weighted by Gasteiger charge is 2.07. The largest absolute Gasteiger partial charge is 0.487 e. The van der Waals surface area contributed by atoms with Gasteiger partial charge >= 0.3 is 0 Å². The van der Waals surface area contributed by atoms with Crippen LogP contribution in [0.3, 0.4) is 0 Å². The standard InChI is InChI=1S/C15H14BrCl2NO/c16-12-7-14(18)15(8-13(12)17)20-9-11-3-1-10(2-4-11)5-6-19/h1-4,7-8H,5-6,9,19H2. The van der Waals surface area contributed by atoms with E-state index in [9.17, 15) is 0 Å². The van der Waals surface area contributed by atoms with Crippen LogP contribution in [-0.2, 0) is 13.0 Å². The van der Waals surface area contributed by atoms with Crippen LogP contribution in [0.15, 0.2) is 40.9 Å². The summed E-state index contributed by atoms with van der Waals surface area (Å²) in [4.78, 5) is 0. The summed E-state index contributed by atoms with van der Waals surface area (Å²) in [6.07, 6.45) is 0.884. The van der Waals surface area contributed by atoms with Crippen molar-refractivity contribution in [2.75, 3.05) is 6.54 Å². The Morgan fingerprint density at radius 2 is 1.65 bits per heavy atom. The normalized spacial score (nSPS) is 10.6. The van der Waals surface area contributed by atoms with Crippen molar-refractivity contribution in [3.63, 3.8) is 0 Å². The molecular formula is C15H14BrCl2NO. The third kappa shape index (κ3) is 4.13. The molecule has 0 radical (unpaired) electrons. The topological polar surface area (TPSA) is 35.2 Å². The van der Waals surface area contributed by atoms with E-state index in [1.165, 1.54) is 5.56 Å². The molecule has 0 unspecified atom stereocenters. The predicted octanol–water partition coefficient (Wildman–Crippen LogP) is 4.84. The Kier molecular flexibility index (Phi) is 5.73. The molecule has 2 N–H and O–H groups in total. The highest BCUT2D eigenvalue weighted by molar-refractivity contribution is 9.10. The Bertz CT molecular complexity index is 587. The van der Waals surface area contributed by atoms with Gasteiger partial charge in [-0.3, -0.25) is 0 Å². The number of benzene rings is 2. The van der Waals surface area contributed by atoms with Crippen LogP contribution in [0.2, 0.25) is 10.0 Å². The van der Waals surface area contributed by atoms with Gasteiger partial charge in [-0.2, -0.15) is 0 Å². The van der Waals surface area contributed by atoms with Crippen molar-refractivity contribution in [3.8, 4) is 5.75 Å². The van der Waals surface area contributed by atoms with Crippen molar-refractivity contribution in [1.29, 1.82) is 0 Å². The Morgan fingerprint density at radius 1 is 1.00 bits per heavy atom. The Hall–Kier alpha value is -0.740. The van der Waals surface area contributed by atoms with Gasteiger partial charge in [0.1, 0.15) is 12.4 Å². The summed E-state index contributed by atoms with van der Waals surface area (Å²) in [7, 11) is 0. The lowest BCUT2D eigenvalue weighted by molar-refractivity contribution is 0.306. The van der Waals surface area contributed by atoms with Crippen molar-refractivity contribution in [3.05, 3.63) is 62.0 Å². The quantitative estimate of drug-likeness (QED) is 0.760. The fraction of sp³-hybridized carbons (Fsp3) is 0.200. The lowest BCUT2D eigenvalue weighted by Crippen LogP contribution is -2.03. The first-order chi connectivity index (χ1) is 9.60. The Morgan fingerprint density at radius 3 is 2.30 bits per heavy atom. The van der Waals surface area contributed by atoms with Crippen molar-refractivity contribution in [1.82, 2.24) is 0 Å². The minimum absolute atomic E-state index is 0.445. The molecule has 2 aromatic carbocycles. The fourth-order valence-electron chi connectivity index (χ4n) is 1.74. The molecular weight excluding hydrogens is 361 g/mol. The van der Waals surface area contributed by atoms with Gasteiger partial charge in [-0.15, -0.1) is 0 Å². The molecule has 5 heteroatoms. The molecule has 0 saturated heterocycles. The molecule has 2 aromatic rings. The molecule has 0 aliphatic carbocycles. The molecule has 0 spiro atoms. The molecule has 2 nitrogen and oxygen atoms in total. The van der Waals surface area contributed by atoms with Crippen LogP contribution in [0.25, 0.3) is 0 Å². The number of rotatable bonds is 5. The van der Waals surface area contributed by atoms with Crippen LogP contribution in [0.1, 0.15) is 11.1 Å². The smallest absolute Gasteiger partial charge is 0.139 e. The van der Waals surface area contributed by atoms with Crippen LogP contribution in [0.4, 0.5) is 0 Å². The SMILES string of the molecule is NCCc1ccc(COc2cc(Cl)c(Br)cc2Cl)cc1. The van der Waals surface area contributed by atoms with Gasteiger partial charge in [0.05, 0.1) is 10.0 Å². The minimum atomic E-state index is 0.445. The summed E-state index contributed by atoms with van der Waals surface area (Å²) in [5.41, 5.74) is 7.81. The second-order valence-corrected chi connectivity index (χ2v) is 6.01. The third-order valence-electron chi connectivity index (χ3n) is 2.83. The lowest BCUT2D eigenvalue weighted by Gasteiger charge is -2.10. The van der Waals surface area contributed by atoms with E-state index in [-0.39, 0.29) is 0 Å². The van der Waals surface area contributed by atoms with Gasteiger partial charge in [0, 0.05) is 10.5 Å². The molecule has 0 aromatic heterocycles. The van der Waals surface area contributed by atoms with E-state index in [0.717, 1.165) is 16.5 Å². The average molecular weight is 375 g/mol. The summed E-state index contributed by atoms with van der Waals surface area (Å²) in [6, 6.07) is 11.6.